The van der Waals surface area contributed by atoms with Gasteiger partial charge >= 0.3 is 0 Å². The molecule has 2 amide bonds. The lowest BCUT2D eigenvalue weighted by Gasteiger charge is -2.31. The Bertz CT molecular complexity index is 505. The largest absolute Gasteiger partial charge is 0.374 e. The molecule has 2 aliphatic rings. The number of amides is 2. The van der Waals surface area contributed by atoms with Crippen LogP contribution in [0.4, 0.5) is 0 Å². The first-order valence-electron chi connectivity index (χ1n) is 6.74. The van der Waals surface area contributed by atoms with Gasteiger partial charge in [-0.3, -0.25) is 9.59 Å². The normalized spacial score (nSPS) is 29.1. The molecule has 6 nitrogen and oxygen atoms in total. The highest BCUT2D eigenvalue weighted by atomic mass is 32.1. The highest BCUT2D eigenvalue weighted by molar-refractivity contribution is 7.07. The molecule has 0 bridgehead atoms. The van der Waals surface area contributed by atoms with Crippen molar-refractivity contribution in [2.45, 2.75) is 38.0 Å². The van der Waals surface area contributed by atoms with Crippen molar-refractivity contribution in [1.82, 2.24) is 15.2 Å². The molecule has 1 aromatic heterocycles. The minimum atomic E-state index is -0.199. The average molecular weight is 295 g/mol. The number of aromatic nitrogens is 1. The van der Waals surface area contributed by atoms with Crippen molar-refractivity contribution in [3.63, 3.8) is 0 Å². The number of hydrogen-bond donors (Lipinski definition) is 1. The lowest BCUT2D eigenvalue weighted by molar-refractivity contribution is -0.132. The average Bonchev–Trinajstić information content (AvgIpc) is 3.07. The van der Waals surface area contributed by atoms with E-state index in [9.17, 15) is 9.59 Å². The molecular weight excluding hydrogens is 278 g/mol. The molecule has 0 aromatic carbocycles. The molecule has 3 rings (SSSR count). The number of nitrogens with one attached hydrogen (secondary N) is 1. The minimum absolute atomic E-state index is 0.0379. The van der Waals surface area contributed by atoms with Gasteiger partial charge in [-0.05, 0) is 12.8 Å². The lowest BCUT2D eigenvalue weighted by Crippen LogP contribution is -2.47. The maximum atomic E-state index is 12.1. The SMILES string of the molecule is CC(=O)N1C[C@@H](NC(=O)c2cscn2)[C@H]2OCCC[C@H]21. The summed E-state index contributed by atoms with van der Waals surface area (Å²) in [6.45, 7) is 2.77. The molecule has 0 unspecified atom stereocenters. The van der Waals surface area contributed by atoms with Crippen molar-refractivity contribution >= 4 is 23.2 Å². The van der Waals surface area contributed by atoms with Crippen LogP contribution in [0.3, 0.4) is 0 Å². The number of hydrogen-bond acceptors (Lipinski definition) is 5. The van der Waals surface area contributed by atoms with Gasteiger partial charge in [-0.15, -0.1) is 11.3 Å². The second kappa shape index (κ2) is 5.49. The summed E-state index contributed by atoms with van der Waals surface area (Å²) in [6.07, 6.45) is 1.79. The number of carbonyl (C=O) groups excluding carboxylic acids is 2. The first kappa shape index (κ1) is 13.5. The molecule has 1 N–H and O–H groups in total. The van der Waals surface area contributed by atoms with Crippen LogP contribution in [0.15, 0.2) is 10.9 Å². The third kappa shape index (κ3) is 2.43. The van der Waals surface area contributed by atoms with E-state index in [2.05, 4.69) is 10.3 Å². The van der Waals surface area contributed by atoms with E-state index in [0.29, 0.717) is 18.8 Å². The van der Waals surface area contributed by atoms with Crippen molar-refractivity contribution < 1.29 is 14.3 Å². The Morgan fingerprint density at radius 2 is 2.40 bits per heavy atom. The number of carbonyl (C=O) groups is 2. The highest BCUT2D eigenvalue weighted by Gasteiger charge is 2.45. The number of ether oxygens (including phenoxy) is 1. The number of rotatable bonds is 2. The van der Waals surface area contributed by atoms with Crippen molar-refractivity contribution in [3.05, 3.63) is 16.6 Å². The highest BCUT2D eigenvalue weighted by Crippen LogP contribution is 2.29. The third-order valence-corrected chi connectivity index (χ3v) is 4.50. The van der Waals surface area contributed by atoms with Crippen LogP contribution < -0.4 is 5.32 Å². The maximum absolute atomic E-state index is 12.1. The Hall–Kier alpha value is -1.47. The van der Waals surface area contributed by atoms with Gasteiger partial charge in [0.15, 0.2) is 0 Å². The summed E-state index contributed by atoms with van der Waals surface area (Å²) < 4.78 is 5.79. The van der Waals surface area contributed by atoms with Gasteiger partial charge in [0, 0.05) is 25.5 Å². The van der Waals surface area contributed by atoms with Gasteiger partial charge in [-0.2, -0.15) is 0 Å². The molecule has 0 aliphatic carbocycles. The summed E-state index contributed by atoms with van der Waals surface area (Å²) in [5.41, 5.74) is 2.05. The van der Waals surface area contributed by atoms with E-state index in [-0.39, 0.29) is 30.0 Å². The lowest BCUT2D eigenvalue weighted by atomic mass is 10.0. The van der Waals surface area contributed by atoms with E-state index >= 15 is 0 Å². The predicted octanol–water partition coefficient (Wildman–Crippen LogP) is 0.651. The summed E-state index contributed by atoms with van der Waals surface area (Å²) >= 11 is 1.39. The molecule has 2 fully saturated rings. The van der Waals surface area contributed by atoms with Gasteiger partial charge in [-0.1, -0.05) is 0 Å². The molecule has 7 heteroatoms. The molecule has 0 saturated carbocycles. The molecule has 2 saturated heterocycles. The fourth-order valence-electron chi connectivity index (χ4n) is 3.01. The Morgan fingerprint density at radius 3 is 3.10 bits per heavy atom. The Labute approximate surface area is 121 Å². The van der Waals surface area contributed by atoms with Gasteiger partial charge in [0.1, 0.15) is 5.69 Å². The zero-order chi connectivity index (χ0) is 14.1. The summed E-state index contributed by atoms with van der Waals surface area (Å²) in [5, 5.41) is 4.67. The molecule has 0 spiro atoms. The van der Waals surface area contributed by atoms with Crippen LogP contribution >= 0.6 is 11.3 Å². The second-order valence-corrected chi connectivity index (χ2v) is 5.89. The second-order valence-electron chi connectivity index (χ2n) is 5.17. The minimum Gasteiger partial charge on any atom is -0.374 e. The molecule has 1 aromatic rings. The van der Waals surface area contributed by atoms with Gasteiger partial charge in [-0.25, -0.2) is 4.98 Å². The van der Waals surface area contributed by atoms with Crippen molar-refractivity contribution in [2.24, 2.45) is 0 Å². The van der Waals surface area contributed by atoms with Crippen LogP contribution in [0, 0.1) is 0 Å². The summed E-state index contributed by atoms with van der Waals surface area (Å²) in [4.78, 5) is 29.6. The van der Waals surface area contributed by atoms with E-state index in [4.69, 9.17) is 4.74 Å². The van der Waals surface area contributed by atoms with Gasteiger partial charge in [0.05, 0.1) is 23.7 Å². The van der Waals surface area contributed by atoms with Crippen molar-refractivity contribution in [2.75, 3.05) is 13.2 Å². The molecule has 3 atom stereocenters. The third-order valence-electron chi connectivity index (χ3n) is 3.91. The van der Waals surface area contributed by atoms with Crippen molar-refractivity contribution in [1.29, 1.82) is 0 Å². The fraction of sp³-hybridized carbons (Fsp3) is 0.615. The first-order valence-corrected chi connectivity index (χ1v) is 7.69. The zero-order valence-corrected chi connectivity index (χ0v) is 12.1. The van der Waals surface area contributed by atoms with E-state index in [1.807, 2.05) is 4.90 Å². The van der Waals surface area contributed by atoms with Crippen LogP contribution in [-0.4, -0.2) is 53.0 Å². The van der Waals surface area contributed by atoms with E-state index in [0.717, 1.165) is 12.8 Å². The van der Waals surface area contributed by atoms with Crippen LogP contribution in [0.2, 0.25) is 0 Å². The Kier molecular flexibility index (Phi) is 3.71. The van der Waals surface area contributed by atoms with Crippen LogP contribution in [0.5, 0.6) is 0 Å². The van der Waals surface area contributed by atoms with Crippen LogP contribution in [0.25, 0.3) is 0 Å². The molecular formula is C13H17N3O3S. The van der Waals surface area contributed by atoms with Gasteiger partial charge in [0.2, 0.25) is 5.91 Å². The van der Waals surface area contributed by atoms with E-state index in [1.54, 1.807) is 17.8 Å². The number of nitrogens with zero attached hydrogens (tertiary/aromatic N) is 2. The van der Waals surface area contributed by atoms with Gasteiger partial charge in [0.25, 0.3) is 5.91 Å². The summed E-state index contributed by atoms with van der Waals surface area (Å²) in [5.74, 6) is -0.162. The maximum Gasteiger partial charge on any atom is 0.271 e. The molecule has 0 radical (unpaired) electrons. The molecule has 2 aliphatic heterocycles. The summed E-state index contributed by atoms with van der Waals surface area (Å²) in [7, 11) is 0. The summed E-state index contributed by atoms with van der Waals surface area (Å²) in [6, 6.07) is -0.0691. The monoisotopic (exact) mass is 295 g/mol. The number of likely N-dealkylation sites (tertiary alicyclic amines) is 1. The molecule has 20 heavy (non-hydrogen) atoms. The van der Waals surface area contributed by atoms with Crippen LogP contribution in [-0.2, 0) is 9.53 Å². The zero-order valence-electron chi connectivity index (χ0n) is 11.2. The predicted molar refractivity (Wildman–Crippen MR) is 73.5 cm³/mol. The topological polar surface area (TPSA) is 71.5 Å². The van der Waals surface area contributed by atoms with Gasteiger partial charge < -0.3 is 15.0 Å². The van der Waals surface area contributed by atoms with E-state index < -0.39 is 0 Å². The smallest absolute Gasteiger partial charge is 0.271 e. The number of thiazole rings is 1. The quantitative estimate of drug-likeness (QED) is 0.869. The van der Waals surface area contributed by atoms with E-state index in [1.165, 1.54) is 11.3 Å². The first-order chi connectivity index (χ1) is 9.66. The fourth-order valence-corrected chi connectivity index (χ4v) is 3.54. The number of fused-ring (bicyclic) bond motifs is 1. The Balaban J connectivity index is 1.73. The standard InChI is InChI=1S/C13H17N3O3S/c1-8(17)16-5-9(12-11(16)3-2-4-19-12)15-13(18)10-6-20-7-14-10/h6-7,9,11-12H,2-5H2,1H3,(H,15,18)/t9-,11-,12-/m1/s1. The molecule has 3 heterocycles. The molecule has 108 valence electrons. The Morgan fingerprint density at radius 1 is 1.55 bits per heavy atom. The van der Waals surface area contributed by atoms with Crippen molar-refractivity contribution in [3.8, 4) is 0 Å². The van der Waals surface area contributed by atoms with Crippen LogP contribution in [0.1, 0.15) is 30.3 Å².